The maximum atomic E-state index is 9.55. The second-order valence-electron chi connectivity index (χ2n) is 8.26. The molecule has 0 amide bonds. The Balaban J connectivity index is 0.000000320. The number of piperazine rings is 1. The van der Waals surface area contributed by atoms with Gasteiger partial charge in [-0.05, 0) is 49.4 Å². The number of carbonyl (C=O) groups is 4. The predicted molar refractivity (Wildman–Crippen MR) is 129 cm³/mol. The third-order valence-corrected chi connectivity index (χ3v) is 5.40. The van der Waals surface area contributed by atoms with Gasteiger partial charge in [0.05, 0.1) is 0 Å². The zero-order chi connectivity index (χ0) is 26.2. The summed E-state index contributed by atoms with van der Waals surface area (Å²) in [7, 11) is 2.22. The summed E-state index contributed by atoms with van der Waals surface area (Å²) in [5.74, 6) is -5.03. The van der Waals surface area contributed by atoms with E-state index in [4.69, 9.17) is 20.4 Å². The molecule has 1 aromatic rings. The molecule has 1 fully saturated rings. The lowest BCUT2D eigenvalue weighted by atomic mass is 10.00. The molecule has 0 saturated carbocycles. The van der Waals surface area contributed by atoms with Gasteiger partial charge in [0.15, 0.2) is 0 Å². The average Bonchev–Trinajstić information content (AvgIpc) is 3.04. The van der Waals surface area contributed by atoms with Crippen molar-refractivity contribution in [1.82, 2.24) is 9.80 Å². The van der Waals surface area contributed by atoms with Crippen LogP contribution in [0.4, 0.5) is 0 Å². The SMILES string of the molecule is CN1CCN(Cc2ccc3c(c2)CCCCC3)CC1.O=C(O)/C=C\C(=O)O.O=C(O)/C=C\C(=O)O. The molecule has 2 aliphatic rings. The van der Waals surface area contributed by atoms with Crippen LogP contribution >= 0.6 is 0 Å². The summed E-state index contributed by atoms with van der Waals surface area (Å²) in [6.45, 7) is 6.00. The molecule has 192 valence electrons. The number of aliphatic carboxylic acids is 4. The highest BCUT2D eigenvalue weighted by Gasteiger charge is 2.15. The van der Waals surface area contributed by atoms with Crippen molar-refractivity contribution in [3.8, 4) is 0 Å². The van der Waals surface area contributed by atoms with Crippen molar-refractivity contribution in [3.63, 3.8) is 0 Å². The Morgan fingerprint density at radius 2 is 1.17 bits per heavy atom. The number of likely N-dealkylation sites (N-methyl/N-ethyl adjacent to an activating group) is 1. The number of carboxylic acid groups (broad SMARTS) is 4. The molecule has 1 heterocycles. The smallest absolute Gasteiger partial charge is 0.328 e. The summed E-state index contributed by atoms with van der Waals surface area (Å²) in [6.07, 6.45) is 8.99. The first-order chi connectivity index (χ1) is 16.6. The Hall–Kier alpha value is -3.50. The molecule has 35 heavy (non-hydrogen) atoms. The van der Waals surface area contributed by atoms with Gasteiger partial charge >= 0.3 is 23.9 Å². The van der Waals surface area contributed by atoms with Crippen LogP contribution in [-0.4, -0.2) is 87.3 Å². The lowest BCUT2D eigenvalue weighted by Gasteiger charge is -2.32. The molecule has 1 aliphatic heterocycles. The summed E-state index contributed by atoms with van der Waals surface area (Å²) in [5, 5.41) is 31.2. The Morgan fingerprint density at radius 3 is 1.63 bits per heavy atom. The van der Waals surface area contributed by atoms with Gasteiger partial charge in [-0.2, -0.15) is 0 Å². The summed E-state index contributed by atoms with van der Waals surface area (Å²) >= 11 is 0. The van der Waals surface area contributed by atoms with Crippen molar-refractivity contribution in [3.05, 3.63) is 59.2 Å². The van der Waals surface area contributed by atoms with Gasteiger partial charge in [-0.1, -0.05) is 24.6 Å². The van der Waals surface area contributed by atoms with E-state index in [1.165, 1.54) is 63.8 Å². The van der Waals surface area contributed by atoms with E-state index in [1.807, 2.05) is 0 Å². The summed E-state index contributed by atoms with van der Waals surface area (Å²) in [5.41, 5.74) is 4.76. The molecule has 10 nitrogen and oxygen atoms in total. The molecule has 3 rings (SSSR count). The van der Waals surface area contributed by atoms with E-state index >= 15 is 0 Å². The van der Waals surface area contributed by atoms with Crippen LogP contribution in [-0.2, 0) is 38.6 Å². The summed E-state index contributed by atoms with van der Waals surface area (Å²) in [4.78, 5) is 43.2. The van der Waals surface area contributed by atoms with E-state index < -0.39 is 23.9 Å². The quantitative estimate of drug-likeness (QED) is 0.344. The normalized spacial score (nSPS) is 16.3. The Morgan fingerprint density at radius 1 is 0.714 bits per heavy atom. The van der Waals surface area contributed by atoms with Crippen LogP contribution in [0.1, 0.15) is 36.0 Å². The summed E-state index contributed by atoms with van der Waals surface area (Å²) in [6, 6.07) is 7.24. The highest BCUT2D eigenvalue weighted by Crippen LogP contribution is 2.22. The van der Waals surface area contributed by atoms with Crippen molar-refractivity contribution in [1.29, 1.82) is 0 Å². The molecular weight excluding hydrogens is 456 g/mol. The highest BCUT2D eigenvalue weighted by molar-refractivity contribution is 5.90. The zero-order valence-corrected chi connectivity index (χ0v) is 19.9. The second kappa shape index (κ2) is 16.2. The van der Waals surface area contributed by atoms with Gasteiger partial charge in [0.25, 0.3) is 0 Å². The number of fused-ring (bicyclic) bond motifs is 1. The van der Waals surface area contributed by atoms with Crippen molar-refractivity contribution in [2.75, 3.05) is 33.2 Å². The van der Waals surface area contributed by atoms with Crippen LogP contribution in [0.25, 0.3) is 0 Å². The standard InChI is InChI=1S/C17H26N2.2C4H4O4/c1-18-9-11-19(12-10-18)14-15-7-8-16-5-3-2-4-6-17(16)13-15;2*5-3(6)1-2-4(7)8/h7-8,13H,2-6,9-12,14H2,1H3;2*1-2H,(H,5,6)(H,7,8)/b;2*2-1-. The Labute approximate surface area is 204 Å². The minimum atomic E-state index is -1.26. The molecule has 10 heteroatoms. The van der Waals surface area contributed by atoms with E-state index in [0.29, 0.717) is 24.3 Å². The van der Waals surface area contributed by atoms with Gasteiger partial charge in [-0.3, -0.25) is 4.90 Å². The van der Waals surface area contributed by atoms with E-state index in [-0.39, 0.29) is 0 Å². The molecule has 0 unspecified atom stereocenters. The van der Waals surface area contributed by atoms with Gasteiger partial charge in [0, 0.05) is 57.0 Å². The van der Waals surface area contributed by atoms with Crippen LogP contribution in [0.3, 0.4) is 0 Å². The molecule has 0 bridgehead atoms. The maximum Gasteiger partial charge on any atom is 0.328 e. The third kappa shape index (κ3) is 14.4. The van der Waals surface area contributed by atoms with E-state index in [2.05, 4.69) is 35.0 Å². The van der Waals surface area contributed by atoms with Crippen molar-refractivity contribution >= 4 is 23.9 Å². The molecule has 1 saturated heterocycles. The first kappa shape index (κ1) is 29.5. The van der Waals surface area contributed by atoms with Crippen LogP contribution in [0.5, 0.6) is 0 Å². The zero-order valence-electron chi connectivity index (χ0n) is 19.9. The lowest BCUT2D eigenvalue weighted by molar-refractivity contribution is -0.134. The number of hydrogen-bond donors (Lipinski definition) is 4. The highest BCUT2D eigenvalue weighted by atomic mass is 16.4. The fourth-order valence-electron chi connectivity index (χ4n) is 3.61. The van der Waals surface area contributed by atoms with Crippen LogP contribution < -0.4 is 0 Å². The lowest BCUT2D eigenvalue weighted by Crippen LogP contribution is -2.43. The fraction of sp³-hybridized carbons (Fsp3) is 0.440. The molecule has 1 aliphatic carbocycles. The van der Waals surface area contributed by atoms with Crippen LogP contribution in [0, 0.1) is 0 Å². The molecule has 0 atom stereocenters. The molecule has 1 aromatic carbocycles. The molecule has 0 spiro atoms. The number of rotatable bonds is 6. The number of aryl methyl sites for hydroxylation is 2. The van der Waals surface area contributed by atoms with E-state index in [1.54, 1.807) is 11.1 Å². The van der Waals surface area contributed by atoms with Crippen LogP contribution in [0.2, 0.25) is 0 Å². The van der Waals surface area contributed by atoms with Gasteiger partial charge in [0.1, 0.15) is 0 Å². The maximum absolute atomic E-state index is 9.55. The number of nitrogens with zero attached hydrogens (tertiary/aromatic N) is 2. The van der Waals surface area contributed by atoms with Crippen molar-refractivity contribution in [2.24, 2.45) is 0 Å². The van der Waals surface area contributed by atoms with Crippen molar-refractivity contribution in [2.45, 2.75) is 38.6 Å². The average molecular weight is 491 g/mol. The van der Waals surface area contributed by atoms with Gasteiger partial charge in [-0.15, -0.1) is 0 Å². The molecular formula is C25H34N2O8. The number of carboxylic acids is 4. The topological polar surface area (TPSA) is 156 Å². The third-order valence-electron chi connectivity index (χ3n) is 5.40. The summed E-state index contributed by atoms with van der Waals surface area (Å²) < 4.78 is 0. The monoisotopic (exact) mass is 490 g/mol. The fourth-order valence-corrected chi connectivity index (χ4v) is 3.61. The number of hydrogen-bond acceptors (Lipinski definition) is 6. The van der Waals surface area contributed by atoms with Crippen molar-refractivity contribution < 1.29 is 39.6 Å². The van der Waals surface area contributed by atoms with Gasteiger partial charge in [0.2, 0.25) is 0 Å². The Kier molecular flexibility index (Phi) is 13.7. The van der Waals surface area contributed by atoms with E-state index in [9.17, 15) is 19.2 Å². The molecule has 0 radical (unpaired) electrons. The predicted octanol–water partition coefficient (Wildman–Crippen LogP) is 2.13. The van der Waals surface area contributed by atoms with Crippen LogP contribution in [0.15, 0.2) is 42.5 Å². The first-order valence-electron chi connectivity index (χ1n) is 11.4. The minimum Gasteiger partial charge on any atom is -0.478 e. The second-order valence-corrected chi connectivity index (χ2v) is 8.26. The van der Waals surface area contributed by atoms with Gasteiger partial charge < -0.3 is 25.3 Å². The van der Waals surface area contributed by atoms with Gasteiger partial charge in [-0.25, -0.2) is 19.2 Å². The molecule has 0 aromatic heterocycles. The Bertz CT molecular complexity index is 852. The first-order valence-corrected chi connectivity index (χ1v) is 11.4. The molecule has 4 N–H and O–H groups in total. The minimum absolute atomic E-state index is 0.558. The largest absolute Gasteiger partial charge is 0.478 e. The van der Waals surface area contributed by atoms with E-state index in [0.717, 1.165) is 6.54 Å². The number of benzene rings is 1.